The number of amides is 1. The van der Waals surface area contributed by atoms with Gasteiger partial charge in [-0.25, -0.2) is 0 Å². The Morgan fingerprint density at radius 1 is 0.607 bits per heavy atom. The van der Waals surface area contributed by atoms with Gasteiger partial charge in [0.1, 0.15) is 13.2 Å². The minimum Gasteiger partial charge on any atom is -0.756 e. The molecule has 0 aliphatic heterocycles. The van der Waals surface area contributed by atoms with Gasteiger partial charge in [-0.3, -0.25) is 9.36 Å². The van der Waals surface area contributed by atoms with Gasteiger partial charge in [0.05, 0.1) is 39.9 Å². The molecular weight excluding hydrogens is 719 g/mol. The number of hydrogen-bond acceptors (Lipinski definition) is 6. The van der Waals surface area contributed by atoms with Crippen molar-refractivity contribution >= 4 is 13.7 Å². The number of quaternary nitrogens is 1. The maximum Gasteiger partial charge on any atom is 0.268 e. The molecule has 0 aliphatic carbocycles. The maximum atomic E-state index is 12.8. The second-order valence-corrected chi connectivity index (χ2v) is 19.2. The lowest BCUT2D eigenvalue weighted by Gasteiger charge is -2.30. The number of carbonyl (C=O) groups excluding carboxylic acids is 1. The van der Waals surface area contributed by atoms with E-state index in [9.17, 15) is 19.4 Å². The number of phosphoric acid groups is 1. The zero-order valence-corrected chi connectivity index (χ0v) is 38.7. The highest BCUT2D eigenvalue weighted by Crippen LogP contribution is 2.38. The number of aliphatic hydroxyl groups is 1. The van der Waals surface area contributed by atoms with Crippen molar-refractivity contribution in [3.63, 3.8) is 0 Å². The van der Waals surface area contributed by atoms with E-state index in [2.05, 4.69) is 31.3 Å². The molecule has 0 rings (SSSR count). The summed E-state index contributed by atoms with van der Waals surface area (Å²) in [5, 5.41) is 13.9. The fourth-order valence-corrected chi connectivity index (χ4v) is 7.86. The summed E-state index contributed by atoms with van der Waals surface area (Å²) in [5.74, 6) is -0.174. The average Bonchev–Trinajstić information content (AvgIpc) is 3.15. The van der Waals surface area contributed by atoms with Crippen molar-refractivity contribution < 1.29 is 32.9 Å². The quantitative estimate of drug-likeness (QED) is 0.0274. The predicted molar refractivity (Wildman–Crippen MR) is 238 cm³/mol. The zero-order valence-electron chi connectivity index (χ0n) is 37.9. The number of carbonyl (C=O) groups is 1. The van der Waals surface area contributed by atoms with Gasteiger partial charge < -0.3 is 28.8 Å². The van der Waals surface area contributed by atoms with Crippen molar-refractivity contribution in [2.24, 2.45) is 0 Å². The molecule has 0 saturated carbocycles. The number of likely N-dealkylation sites (N-methyl/N-ethyl adjacent to an activating group) is 1. The molecule has 0 radical (unpaired) electrons. The Bertz CT molecular complexity index is 927. The van der Waals surface area contributed by atoms with E-state index in [1.165, 1.54) is 154 Å². The third kappa shape index (κ3) is 41.4. The Morgan fingerprint density at radius 2 is 1.00 bits per heavy atom. The van der Waals surface area contributed by atoms with E-state index in [-0.39, 0.29) is 19.1 Å². The van der Waals surface area contributed by atoms with Crippen LogP contribution in [0.4, 0.5) is 0 Å². The molecule has 2 N–H and O–H groups in total. The molecule has 3 unspecified atom stereocenters. The van der Waals surface area contributed by atoms with Crippen molar-refractivity contribution in [1.29, 1.82) is 0 Å². The third-order valence-corrected chi connectivity index (χ3v) is 12.0. The van der Waals surface area contributed by atoms with Crippen LogP contribution in [0.15, 0.2) is 12.2 Å². The van der Waals surface area contributed by atoms with Gasteiger partial charge >= 0.3 is 0 Å². The van der Waals surface area contributed by atoms with E-state index in [0.29, 0.717) is 23.9 Å². The number of allylic oxidation sites excluding steroid dienone is 2. The summed E-state index contributed by atoms with van der Waals surface area (Å²) in [6.07, 6.45) is 45.1. The lowest BCUT2D eigenvalue weighted by atomic mass is 10.0. The largest absolute Gasteiger partial charge is 0.756 e. The highest BCUT2D eigenvalue weighted by molar-refractivity contribution is 7.45. The van der Waals surface area contributed by atoms with Crippen LogP contribution in [-0.4, -0.2) is 68.5 Å². The first-order valence-electron chi connectivity index (χ1n) is 24.0. The van der Waals surface area contributed by atoms with E-state index in [4.69, 9.17) is 9.05 Å². The SMILES string of the molecule is CCCC/C=C\CCCCCCCC(=O)NC(COP(=O)([O-])OCC[N+](C)(C)C)C(O)CCCCCCCCCCCCCCCCCCCCCCCCC. The Hall–Kier alpha value is -0.760. The van der Waals surface area contributed by atoms with Crippen molar-refractivity contribution in [3.8, 4) is 0 Å². The number of hydrogen-bond donors (Lipinski definition) is 2. The Morgan fingerprint density at radius 3 is 1.45 bits per heavy atom. The molecular formula is C47H95N2O6P. The topological polar surface area (TPSA) is 108 Å². The second kappa shape index (κ2) is 39.7. The second-order valence-electron chi connectivity index (χ2n) is 17.8. The molecule has 0 aromatic heterocycles. The van der Waals surface area contributed by atoms with Crippen LogP contribution < -0.4 is 10.2 Å². The summed E-state index contributed by atoms with van der Waals surface area (Å²) in [5.41, 5.74) is 0. The zero-order chi connectivity index (χ0) is 41.4. The molecule has 9 heteroatoms. The van der Waals surface area contributed by atoms with Crippen LogP contribution in [-0.2, 0) is 18.4 Å². The molecule has 0 fully saturated rings. The van der Waals surface area contributed by atoms with Crippen LogP contribution in [0, 0.1) is 0 Å². The first-order chi connectivity index (χ1) is 27.0. The van der Waals surface area contributed by atoms with E-state index in [1.807, 2.05) is 21.1 Å². The summed E-state index contributed by atoms with van der Waals surface area (Å²) in [6, 6.07) is -0.800. The highest BCUT2D eigenvalue weighted by atomic mass is 31.2. The van der Waals surface area contributed by atoms with Gasteiger partial charge in [0.2, 0.25) is 5.91 Å². The van der Waals surface area contributed by atoms with Crippen LogP contribution in [0.3, 0.4) is 0 Å². The number of phosphoric ester groups is 1. The maximum absolute atomic E-state index is 12.8. The summed E-state index contributed by atoms with van der Waals surface area (Å²) in [7, 11) is 1.31. The molecule has 3 atom stereocenters. The standard InChI is InChI=1S/C47H95N2O6P/c1-6-8-10-12-14-16-18-19-20-21-22-23-24-25-26-27-28-29-31-32-34-36-38-40-46(50)45(44-55-56(52,53)54-43-42-49(3,4)5)48-47(51)41-39-37-35-33-30-17-15-13-11-9-7-2/h13,15,45-46,50H,6-12,14,16-44H2,1-5H3,(H-,48,51,52,53)/b15-13-. The molecule has 0 aromatic carbocycles. The molecule has 0 spiro atoms. The van der Waals surface area contributed by atoms with Gasteiger partial charge in [0.25, 0.3) is 7.82 Å². The summed E-state index contributed by atoms with van der Waals surface area (Å²) < 4.78 is 23.3. The minimum atomic E-state index is -4.56. The van der Waals surface area contributed by atoms with E-state index < -0.39 is 20.0 Å². The Balaban J connectivity index is 4.18. The van der Waals surface area contributed by atoms with Crippen molar-refractivity contribution in [2.45, 2.75) is 244 Å². The number of rotatable bonds is 44. The molecule has 0 saturated heterocycles. The summed E-state index contributed by atoms with van der Waals surface area (Å²) in [4.78, 5) is 25.3. The predicted octanol–water partition coefficient (Wildman–Crippen LogP) is 12.9. The molecule has 0 bridgehead atoms. The first kappa shape index (κ1) is 55.2. The van der Waals surface area contributed by atoms with Crippen molar-refractivity contribution in [1.82, 2.24) is 5.32 Å². The van der Waals surface area contributed by atoms with Crippen LogP contribution in [0.1, 0.15) is 232 Å². The van der Waals surface area contributed by atoms with E-state index >= 15 is 0 Å². The van der Waals surface area contributed by atoms with Gasteiger partial charge in [-0.1, -0.05) is 206 Å². The number of nitrogens with one attached hydrogen (secondary N) is 1. The van der Waals surface area contributed by atoms with Gasteiger partial charge in [-0.15, -0.1) is 0 Å². The van der Waals surface area contributed by atoms with Gasteiger partial charge in [-0.05, 0) is 32.1 Å². The first-order valence-corrected chi connectivity index (χ1v) is 25.5. The monoisotopic (exact) mass is 815 g/mol. The average molecular weight is 815 g/mol. The van der Waals surface area contributed by atoms with Crippen LogP contribution >= 0.6 is 7.82 Å². The van der Waals surface area contributed by atoms with E-state index in [1.54, 1.807) is 0 Å². The summed E-state index contributed by atoms with van der Waals surface area (Å²) >= 11 is 0. The summed E-state index contributed by atoms with van der Waals surface area (Å²) in [6.45, 7) is 4.69. The fourth-order valence-electron chi connectivity index (χ4n) is 7.14. The van der Waals surface area contributed by atoms with Gasteiger partial charge in [-0.2, -0.15) is 0 Å². The molecule has 0 heterocycles. The van der Waals surface area contributed by atoms with E-state index in [0.717, 1.165) is 51.4 Å². The molecule has 334 valence electrons. The van der Waals surface area contributed by atoms with Crippen LogP contribution in [0.5, 0.6) is 0 Å². The molecule has 1 amide bonds. The number of nitrogens with zero attached hydrogens (tertiary/aromatic N) is 1. The fraction of sp³-hybridized carbons (Fsp3) is 0.936. The number of aliphatic hydroxyl groups excluding tert-OH is 1. The van der Waals surface area contributed by atoms with Gasteiger partial charge in [0.15, 0.2) is 0 Å². The lowest BCUT2D eigenvalue weighted by molar-refractivity contribution is -0.870. The highest BCUT2D eigenvalue weighted by Gasteiger charge is 2.24. The Kier molecular flexibility index (Phi) is 39.1. The number of unbranched alkanes of at least 4 members (excludes halogenated alkanes) is 29. The molecule has 0 aliphatic rings. The third-order valence-electron chi connectivity index (χ3n) is 11.0. The smallest absolute Gasteiger partial charge is 0.268 e. The molecule has 56 heavy (non-hydrogen) atoms. The van der Waals surface area contributed by atoms with Crippen molar-refractivity contribution in [3.05, 3.63) is 12.2 Å². The lowest BCUT2D eigenvalue weighted by Crippen LogP contribution is -2.46. The van der Waals surface area contributed by atoms with Crippen LogP contribution in [0.2, 0.25) is 0 Å². The van der Waals surface area contributed by atoms with Crippen molar-refractivity contribution in [2.75, 3.05) is 40.9 Å². The molecule has 0 aromatic rings. The molecule has 8 nitrogen and oxygen atoms in total. The minimum absolute atomic E-state index is 0.0124. The Labute approximate surface area is 348 Å². The normalized spacial score (nSPS) is 14.3. The van der Waals surface area contributed by atoms with Gasteiger partial charge in [0, 0.05) is 6.42 Å². The van der Waals surface area contributed by atoms with Crippen LogP contribution in [0.25, 0.3) is 0 Å².